The van der Waals surface area contributed by atoms with Gasteiger partial charge in [0.2, 0.25) is 6.10 Å². The number of carbonyl (C=O) groups excluding carboxylic acids is 2. The second kappa shape index (κ2) is 9.73. The lowest BCUT2D eigenvalue weighted by atomic mass is 10.1. The third-order valence-corrected chi connectivity index (χ3v) is 4.73. The number of hydrogen-bond acceptors (Lipinski definition) is 4. The molecule has 3 aromatic carbocycles. The zero-order chi connectivity index (χ0) is 20.6. The van der Waals surface area contributed by atoms with Crippen LogP contribution in [0.1, 0.15) is 25.5 Å². The van der Waals surface area contributed by atoms with E-state index in [1.165, 1.54) is 0 Å². The molecule has 0 aliphatic rings. The van der Waals surface area contributed by atoms with Crippen LogP contribution in [0.3, 0.4) is 0 Å². The molecule has 0 spiro atoms. The van der Waals surface area contributed by atoms with E-state index >= 15 is 0 Å². The van der Waals surface area contributed by atoms with Gasteiger partial charge >= 0.3 is 5.97 Å². The summed E-state index contributed by atoms with van der Waals surface area (Å²) in [5.41, 5.74) is 0.642. The Kier molecular flexibility index (Phi) is 6.85. The van der Waals surface area contributed by atoms with Crippen molar-refractivity contribution in [2.75, 3.05) is 19.7 Å². The molecule has 3 aromatic rings. The fourth-order valence-electron chi connectivity index (χ4n) is 3.15. The summed E-state index contributed by atoms with van der Waals surface area (Å²) in [4.78, 5) is 27.0. The van der Waals surface area contributed by atoms with Gasteiger partial charge in [0.05, 0.1) is 0 Å². The van der Waals surface area contributed by atoms with E-state index < -0.39 is 12.1 Å². The van der Waals surface area contributed by atoms with Crippen molar-refractivity contribution in [1.29, 1.82) is 0 Å². The average Bonchev–Trinajstić information content (AvgIpc) is 2.77. The predicted octanol–water partition coefficient (Wildman–Crippen LogP) is 4.37. The number of fused-ring (bicyclic) bond motifs is 1. The van der Waals surface area contributed by atoms with Gasteiger partial charge < -0.3 is 14.4 Å². The minimum absolute atomic E-state index is 0.236. The average molecular weight is 391 g/mol. The Bertz CT molecular complexity index is 967. The number of esters is 1. The van der Waals surface area contributed by atoms with Gasteiger partial charge in [0.15, 0.2) is 6.61 Å². The molecule has 1 amide bonds. The van der Waals surface area contributed by atoms with Gasteiger partial charge in [-0.3, -0.25) is 4.79 Å². The van der Waals surface area contributed by atoms with Crippen molar-refractivity contribution in [2.24, 2.45) is 0 Å². The molecule has 0 unspecified atom stereocenters. The molecule has 29 heavy (non-hydrogen) atoms. The van der Waals surface area contributed by atoms with E-state index in [2.05, 4.69) is 0 Å². The van der Waals surface area contributed by atoms with Gasteiger partial charge in [0.25, 0.3) is 5.91 Å². The molecule has 0 bridgehead atoms. The quantitative estimate of drug-likeness (QED) is 0.535. The fourth-order valence-corrected chi connectivity index (χ4v) is 3.15. The molecule has 0 saturated carbocycles. The summed E-state index contributed by atoms with van der Waals surface area (Å²) in [5.74, 6) is -0.250. The fraction of sp³-hybridized carbons (Fsp3) is 0.250. The van der Waals surface area contributed by atoms with E-state index in [0.29, 0.717) is 24.4 Å². The molecule has 0 saturated heterocycles. The van der Waals surface area contributed by atoms with E-state index in [0.717, 1.165) is 10.8 Å². The summed E-state index contributed by atoms with van der Waals surface area (Å²) in [7, 11) is 0. The van der Waals surface area contributed by atoms with E-state index in [-0.39, 0.29) is 12.5 Å². The topological polar surface area (TPSA) is 55.8 Å². The van der Waals surface area contributed by atoms with Gasteiger partial charge in [-0.1, -0.05) is 60.7 Å². The molecule has 3 rings (SSSR count). The third kappa shape index (κ3) is 5.13. The van der Waals surface area contributed by atoms with Crippen LogP contribution in [0.25, 0.3) is 10.8 Å². The smallest absolute Gasteiger partial charge is 0.345 e. The zero-order valence-electron chi connectivity index (χ0n) is 16.7. The highest BCUT2D eigenvalue weighted by Gasteiger charge is 2.28. The summed E-state index contributed by atoms with van der Waals surface area (Å²) >= 11 is 0. The van der Waals surface area contributed by atoms with Crippen molar-refractivity contribution in [3.05, 3.63) is 78.4 Å². The van der Waals surface area contributed by atoms with Crippen molar-refractivity contribution < 1.29 is 19.1 Å². The summed E-state index contributed by atoms with van der Waals surface area (Å²) < 4.78 is 11.1. The second-order valence-corrected chi connectivity index (χ2v) is 6.59. The number of rotatable bonds is 8. The van der Waals surface area contributed by atoms with E-state index in [4.69, 9.17) is 9.47 Å². The number of benzene rings is 3. The Hall–Kier alpha value is -3.34. The molecule has 0 radical (unpaired) electrons. The molecular weight excluding hydrogens is 366 g/mol. The predicted molar refractivity (Wildman–Crippen MR) is 113 cm³/mol. The van der Waals surface area contributed by atoms with Crippen molar-refractivity contribution >= 4 is 22.6 Å². The Labute approximate surface area is 170 Å². The van der Waals surface area contributed by atoms with Gasteiger partial charge in [0, 0.05) is 18.7 Å². The summed E-state index contributed by atoms with van der Waals surface area (Å²) in [6, 6.07) is 22.6. The van der Waals surface area contributed by atoms with Crippen molar-refractivity contribution in [1.82, 2.24) is 4.90 Å². The van der Waals surface area contributed by atoms with Crippen LogP contribution in [0.15, 0.2) is 72.8 Å². The maximum absolute atomic E-state index is 12.9. The Morgan fingerprint density at radius 1 is 0.862 bits per heavy atom. The number of nitrogens with zero attached hydrogens (tertiary/aromatic N) is 1. The third-order valence-electron chi connectivity index (χ3n) is 4.73. The molecule has 0 fully saturated rings. The number of carbonyl (C=O) groups is 2. The molecule has 0 heterocycles. The molecule has 5 heteroatoms. The standard InChI is InChI=1S/C24H25NO4/c1-3-25(4-2)24(27)23(19-11-6-5-7-12-19)29-22(26)17-28-21-15-14-18-10-8-9-13-20(18)16-21/h5-16,23H,3-4,17H2,1-2H3/t23-/m0/s1. The number of amides is 1. The SMILES string of the molecule is CCN(CC)C(=O)[C@@H](OC(=O)COc1ccc2ccccc2c1)c1ccccc1. The van der Waals surface area contributed by atoms with Crippen LogP contribution in [-0.2, 0) is 14.3 Å². The lowest BCUT2D eigenvalue weighted by Crippen LogP contribution is -2.37. The van der Waals surface area contributed by atoms with Crippen LogP contribution < -0.4 is 4.74 Å². The van der Waals surface area contributed by atoms with Crippen LogP contribution >= 0.6 is 0 Å². The molecule has 5 nitrogen and oxygen atoms in total. The van der Waals surface area contributed by atoms with Crippen molar-refractivity contribution in [3.8, 4) is 5.75 Å². The maximum Gasteiger partial charge on any atom is 0.345 e. The minimum atomic E-state index is -0.983. The molecule has 0 N–H and O–H groups in total. The summed E-state index contributed by atoms with van der Waals surface area (Å²) in [6.07, 6.45) is -0.983. The van der Waals surface area contributed by atoms with Crippen LogP contribution in [0.4, 0.5) is 0 Å². The molecule has 0 aliphatic carbocycles. The van der Waals surface area contributed by atoms with Gasteiger partial charge in [-0.2, -0.15) is 0 Å². The number of likely N-dealkylation sites (N-methyl/N-ethyl adjacent to an activating group) is 1. The highest BCUT2D eigenvalue weighted by atomic mass is 16.6. The van der Waals surface area contributed by atoms with Crippen LogP contribution in [0.5, 0.6) is 5.75 Å². The maximum atomic E-state index is 12.9. The first-order chi connectivity index (χ1) is 14.1. The first-order valence-corrected chi connectivity index (χ1v) is 9.77. The molecule has 0 aromatic heterocycles. The van der Waals surface area contributed by atoms with Gasteiger partial charge in [-0.05, 0) is 36.8 Å². The molecular formula is C24H25NO4. The Balaban J connectivity index is 1.69. The van der Waals surface area contributed by atoms with E-state index in [9.17, 15) is 9.59 Å². The largest absolute Gasteiger partial charge is 0.482 e. The second-order valence-electron chi connectivity index (χ2n) is 6.59. The summed E-state index contributed by atoms with van der Waals surface area (Å²) in [6.45, 7) is 4.61. The van der Waals surface area contributed by atoms with Crippen molar-refractivity contribution in [2.45, 2.75) is 20.0 Å². The zero-order valence-corrected chi connectivity index (χ0v) is 16.7. The van der Waals surface area contributed by atoms with E-state index in [1.54, 1.807) is 17.0 Å². The van der Waals surface area contributed by atoms with Gasteiger partial charge in [-0.15, -0.1) is 0 Å². The molecule has 0 aliphatic heterocycles. The monoisotopic (exact) mass is 391 g/mol. The van der Waals surface area contributed by atoms with Crippen LogP contribution in [0, 0.1) is 0 Å². The highest BCUT2D eigenvalue weighted by Crippen LogP contribution is 2.22. The first kappa shape index (κ1) is 20.4. The molecule has 150 valence electrons. The number of hydrogen-bond donors (Lipinski definition) is 0. The highest BCUT2D eigenvalue weighted by molar-refractivity contribution is 5.86. The lowest BCUT2D eigenvalue weighted by Gasteiger charge is -2.25. The minimum Gasteiger partial charge on any atom is -0.482 e. The number of ether oxygens (including phenoxy) is 2. The van der Waals surface area contributed by atoms with Crippen LogP contribution in [-0.4, -0.2) is 36.5 Å². The van der Waals surface area contributed by atoms with Crippen molar-refractivity contribution in [3.63, 3.8) is 0 Å². The van der Waals surface area contributed by atoms with E-state index in [1.807, 2.05) is 74.5 Å². The summed E-state index contributed by atoms with van der Waals surface area (Å²) in [5, 5.41) is 2.12. The van der Waals surface area contributed by atoms with Gasteiger partial charge in [-0.25, -0.2) is 4.79 Å². The lowest BCUT2D eigenvalue weighted by molar-refractivity contribution is -0.162. The normalized spacial score (nSPS) is 11.7. The van der Waals surface area contributed by atoms with Gasteiger partial charge in [0.1, 0.15) is 5.75 Å². The Morgan fingerprint density at radius 2 is 1.52 bits per heavy atom. The first-order valence-electron chi connectivity index (χ1n) is 9.77. The molecule has 1 atom stereocenters. The van der Waals surface area contributed by atoms with Crippen LogP contribution in [0.2, 0.25) is 0 Å². The Morgan fingerprint density at radius 3 is 2.21 bits per heavy atom.